The van der Waals surface area contributed by atoms with Crippen molar-refractivity contribution in [1.82, 2.24) is 15.1 Å². The zero-order valence-corrected chi connectivity index (χ0v) is 14.0. The van der Waals surface area contributed by atoms with Gasteiger partial charge in [0, 0.05) is 5.56 Å². The minimum Gasteiger partial charge on any atom is -0.377 e. The van der Waals surface area contributed by atoms with Crippen LogP contribution < -0.4 is 5.32 Å². The molecule has 2 unspecified atom stereocenters. The Morgan fingerprint density at radius 1 is 1.33 bits per heavy atom. The minimum atomic E-state index is -0.318. The number of carbonyl (C=O) groups excluding carboxylic acids is 1. The van der Waals surface area contributed by atoms with Crippen molar-refractivity contribution < 1.29 is 13.9 Å². The number of nitrogens with one attached hydrogen (secondary N) is 1. The predicted octanol–water partition coefficient (Wildman–Crippen LogP) is 3.05. The van der Waals surface area contributed by atoms with Crippen LogP contribution in [0, 0.1) is 12.7 Å². The largest absolute Gasteiger partial charge is 0.377 e. The standard InChI is InChI=1S/C16H17FN4O2S/c1-9-2-3-10(17)6-13(9)14-19-20-15(24-14)18-16(22)21-11-4-5-12(21)8-23-7-11/h2-3,6,11-12H,4-5,7-8H2,1H3,(H,18,20,22). The number of nitrogens with zero attached hydrogens (tertiary/aromatic N) is 3. The molecule has 2 atom stereocenters. The molecule has 2 bridgehead atoms. The van der Waals surface area contributed by atoms with Gasteiger partial charge in [0.2, 0.25) is 5.13 Å². The molecule has 0 spiro atoms. The van der Waals surface area contributed by atoms with Crippen LogP contribution in [0.5, 0.6) is 0 Å². The molecule has 2 aliphatic heterocycles. The van der Waals surface area contributed by atoms with Gasteiger partial charge in [-0.25, -0.2) is 9.18 Å². The van der Waals surface area contributed by atoms with Crippen LogP contribution in [0.2, 0.25) is 0 Å². The molecule has 2 aromatic rings. The normalized spacial score (nSPS) is 22.7. The van der Waals surface area contributed by atoms with Crippen molar-refractivity contribution in [1.29, 1.82) is 0 Å². The number of carbonyl (C=O) groups is 1. The van der Waals surface area contributed by atoms with E-state index in [-0.39, 0.29) is 23.9 Å². The predicted molar refractivity (Wildman–Crippen MR) is 88.5 cm³/mol. The van der Waals surface area contributed by atoms with E-state index in [9.17, 15) is 9.18 Å². The number of fused-ring (bicyclic) bond motifs is 2. The summed E-state index contributed by atoms with van der Waals surface area (Å²) in [6.45, 7) is 3.07. The van der Waals surface area contributed by atoms with E-state index in [0.717, 1.165) is 18.4 Å². The SMILES string of the molecule is Cc1ccc(F)cc1-c1nnc(NC(=O)N2C3CCC2COC3)s1. The summed E-state index contributed by atoms with van der Waals surface area (Å²) in [6.07, 6.45) is 1.95. The number of benzene rings is 1. The Labute approximate surface area is 142 Å². The number of aromatic nitrogens is 2. The molecule has 1 aromatic carbocycles. The van der Waals surface area contributed by atoms with Crippen molar-refractivity contribution in [2.45, 2.75) is 31.8 Å². The number of anilines is 1. The van der Waals surface area contributed by atoms with Gasteiger partial charge >= 0.3 is 6.03 Å². The van der Waals surface area contributed by atoms with E-state index in [4.69, 9.17) is 4.74 Å². The summed E-state index contributed by atoms with van der Waals surface area (Å²) in [5.41, 5.74) is 1.61. The molecule has 2 saturated heterocycles. The molecule has 0 aliphatic carbocycles. The number of aryl methyl sites for hydroxylation is 1. The third kappa shape index (κ3) is 2.76. The van der Waals surface area contributed by atoms with Gasteiger partial charge in [-0.2, -0.15) is 0 Å². The van der Waals surface area contributed by atoms with Gasteiger partial charge in [-0.3, -0.25) is 5.32 Å². The Hall–Kier alpha value is -2.06. The average molecular weight is 348 g/mol. The second-order valence-electron chi connectivity index (χ2n) is 6.13. The van der Waals surface area contributed by atoms with Crippen LogP contribution in [0.25, 0.3) is 10.6 Å². The van der Waals surface area contributed by atoms with E-state index in [2.05, 4.69) is 15.5 Å². The van der Waals surface area contributed by atoms with Gasteiger partial charge in [0.05, 0.1) is 25.3 Å². The maximum Gasteiger partial charge on any atom is 0.324 e. The van der Waals surface area contributed by atoms with E-state index in [1.165, 1.54) is 23.5 Å². The molecule has 1 aromatic heterocycles. The van der Waals surface area contributed by atoms with E-state index in [0.29, 0.717) is 28.9 Å². The van der Waals surface area contributed by atoms with Crippen LogP contribution in [0.3, 0.4) is 0 Å². The summed E-state index contributed by atoms with van der Waals surface area (Å²) in [5, 5.41) is 11.9. The molecule has 6 nitrogen and oxygen atoms in total. The highest BCUT2D eigenvalue weighted by molar-refractivity contribution is 7.18. The van der Waals surface area contributed by atoms with Crippen molar-refractivity contribution in [2.75, 3.05) is 18.5 Å². The lowest BCUT2D eigenvalue weighted by Crippen LogP contribution is -2.50. The highest BCUT2D eigenvalue weighted by Crippen LogP contribution is 2.32. The molecular weight excluding hydrogens is 331 g/mol. The first-order chi connectivity index (χ1) is 11.6. The van der Waals surface area contributed by atoms with Crippen molar-refractivity contribution >= 4 is 22.5 Å². The fourth-order valence-corrected chi connectivity index (χ4v) is 4.14. The first-order valence-corrected chi connectivity index (χ1v) is 8.70. The van der Waals surface area contributed by atoms with E-state index >= 15 is 0 Å². The van der Waals surface area contributed by atoms with Crippen LogP contribution in [-0.2, 0) is 4.74 Å². The molecule has 1 N–H and O–H groups in total. The molecule has 3 heterocycles. The topological polar surface area (TPSA) is 67.4 Å². The number of morpholine rings is 1. The smallest absolute Gasteiger partial charge is 0.324 e. The third-order valence-electron chi connectivity index (χ3n) is 4.54. The maximum atomic E-state index is 13.5. The fourth-order valence-electron chi connectivity index (χ4n) is 3.32. The lowest BCUT2D eigenvalue weighted by molar-refractivity contribution is 0.00949. The zero-order valence-electron chi connectivity index (χ0n) is 13.2. The van der Waals surface area contributed by atoms with Crippen LogP contribution in [-0.4, -0.2) is 46.4 Å². The van der Waals surface area contributed by atoms with Gasteiger partial charge < -0.3 is 9.64 Å². The molecule has 2 aliphatic rings. The van der Waals surface area contributed by atoms with Crippen LogP contribution in [0.15, 0.2) is 18.2 Å². The molecule has 0 radical (unpaired) electrons. The quantitative estimate of drug-likeness (QED) is 0.906. The summed E-state index contributed by atoms with van der Waals surface area (Å²) >= 11 is 1.25. The molecular formula is C16H17FN4O2S. The molecule has 0 saturated carbocycles. The van der Waals surface area contributed by atoms with Gasteiger partial charge in [-0.1, -0.05) is 17.4 Å². The Balaban J connectivity index is 1.51. The number of halogens is 1. The van der Waals surface area contributed by atoms with Gasteiger partial charge in [0.1, 0.15) is 10.8 Å². The summed E-state index contributed by atoms with van der Waals surface area (Å²) in [7, 11) is 0. The van der Waals surface area contributed by atoms with Gasteiger partial charge in [-0.05, 0) is 37.5 Å². The number of urea groups is 1. The monoisotopic (exact) mass is 348 g/mol. The second kappa shape index (κ2) is 6.10. The number of hydrogen-bond acceptors (Lipinski definition) is 5. The van der Waals surface area contributed by atoms with E-state index in [1.807, 2.05) is 11.8 Å². The molecule has 126 valence electrons. The summed E-state index contributed by atoms with van der Waals surface area (Å²) in [5.74, 6) is -0.318. The Bertz CT molecular complexity index is 765. The number of rotatable bonds is 2. The summed E-state index contributed by atoms with van der Waals surface area (Å²) in [6, 6.07) is 4.67. The van der Waals surface area contributed by atoms with Crippen molar-refractivity contribution in [3.63, 3.8) is 0 Å². The van der Waals surface area contributed by atoms with Crippen molar-refractivity contribution in [3.8, 4) is 10.6 Å². The Morgan fingerprint density at radius 3 is 2.83 bits per heavy atom. The number of amides is 2. The zero-order chi connectivity index (χ0) is 16.7. The van der Waals surface area contributed by atoms with E-state index < -0.39 is 0 Å². The minimum absolute atomic E-state index is 0.140. The third-order valence-corrected chi connectivity index (χ3v) is 5.42. The summed E-state index contributed by atoms with van der Waals surface area (Å²) < 4.78 is 18.9. The summed E-state index contributed by atoms with van der Waals surface area (Å²) in [4.78, 5) is 14.4. The second-order valence-corrected chi connectivity index (χ2v) is 7.11. The maximum absolute atomic E-state index is 13.5. The molecule has 8 heteroatoms. The van der Waals surface area contributed by atoms with Gasteiger partial charge in [-0.15, -0.1) is 10.2 Å². The number of hydrogen-bond donors (Lipinski definition) is 1. The Kier molecular flexibility index (Phi) is 3.93. The van der Waals surface area contributed by atoms with Crippen molar-refractivity contribution in [3.05, 3.63) is 29.6 Å². The van der Waals surface area contributed by atoms with E-state index in [1.54, 1.807) is 6.07 Å². The Morgan fingerprint density at radius 2 is 2.08 bits per heavy atom. The van der Waals surface area contributed by atoms with Gasteiger partial charge in [0.15, 0.2) is 0 Å². The number of ether oxygens (including phenoxy) is 1. The first-order valence-electron chi connectivity index (χ1n) is 7.89. The first kappa shape index (κ1) is 15.5. The lowest BCUT2D eigenvalue weighted by Gasteiger charge is -2.34. The van der Waals surface area contributed by atoms with Crippen molar-refractivity contribution in [2.24, 2.45) is 0 Å². The molecule has 2 amide bonds. The average Bonchev–Trinajstić information content (AvgIpc) is 3.12. The molecule has 2 fully saturated rings. The van der Waals surface area contributed by atoms with Crippen LogP contribution in [0.4, 0.5) is 14.3 Å². The highest BCUT2D eigenvalue weighted by Gasteiger charge is 2.40. The molecule has 24 heavy (non-hydrogen) atoms. The highest BCUT2D eigenvalue weighted by atomic mass is 32.1. The lowest BCUT2D eigenvalue weighted by atomic mass is 10.1. The van der Waals surface area contributed by atoms with Crippen LogP contribution >= 0.6 is 11.3 Å². The fraction of sp³-hybridized carbons (Fsp3) is 0.438. The van der Waals surface area contributed by atoms with Crippen LogP contribution in [0.1, 0.15) is 18.4 Å². The van der Waals surface area contributed by atoms with Gasteiger partial charge in [0.25, 0.3) is 0 Å². The molecule has 4 rings (SSSR count).